The minimum absolute atomic E-state index is 0.130. The first-order valence-electron chi connectivity index (χ1n) is 5.44. The van der Waals surface area contributed by atoms with Crippen molar-refractivity contribution in [2.24, 2.45) is 16.5 Å². The quantitative estimate of drug-likeness (QED) is 0.511. The average Bonchev–Trinajstić information content (AvgIpc) is 2.25. The summed E-state index contributed by atoms with van der Waals surface area (Å²) >= 11 is 0. The zero-order valence-corrected chi connectivity index (χ0v) is 9.90. The Bertz CT molecular complexity index is 337. The Kier molecular flexibility index (Phi) is 4.79. The Balaban J connectivity index is 2.51. The summed E-state index contributed by atoms with van der Waals surface area (Å²) in [7, 11) is 0. The van der Waals surface area contributed by atoms with E-state index in [4.69, 9.17) is 11.5 Å². The van der Waals surface area contributed by atoms with Gasteiger partial charge >= 0.3 is 0 Å². The molecule has 16 heavy (non-hydrogen) atoms. The van der Waals surface area contributed by atoms with Gasteiger partial charge < -0.3 is 16.8 Å². The number of nitrogens with one attached hydrogen (secondary N) is 1. The van der Waals surface area contributed by atoms with E-state index in [1.165, 1.54) is 5.56 Å². The number of rotatable bonds is 5. The third kappa shape index (κ3) is 4.79. The average molecular weight is 220 g/mol. The van der Waals surface area contributed by atoms with Crippen molar-refractivity contribution in [1.29, 1.82) is 0 Å². The maximum absolute atomic E-state index is 5.27. The maximum atomic E-state index is 5.27. The highest BCUT2D eigenvalue weighted by atomic mass is 15.0. The van der Waals surface area contributed by atoms with Crippen LogP contribution in [0.2, 0.25) is 0 Å². The van der Waals surface area contributed by atoms with Crippen LogP contribution in [0.1, 0.15) is 25.0 Å². The Morgan fingerprint density at radius 3 is 2.25 bits per heavy atom. The number of hydrogen-bond donors (Lipinski definition) is 3. The van der Waals surface area contributed by atoms with Crippen LogP contribution in [0.4, 0.5) is 0 Å². The fourth-order valence-electron chi connectivity index (χ4n) is 1.27. The van der Waals surface area contributed by atoms with Crippen LogP contribution in [0, 0.1) is 0 Å². The Morgan fingerprint density at radius 1 is 1.19 bits per heavy atom. The van der Waals surface area contributed by atoms with E-state index in [2.05, 4.69) is 36.3 Å². The second-order valence-electron chi connectivity index (χ2n) is 4.09. The first kappa shape index (κ1) is 12.5. The largest absolute Gasteiger partial charge is 0.370 e. The van der Waals surface area contributed by atoms with Crippen LogP contribution in [0.15, 0.2) is 29.3 Å². The van der Waals surface area contributed by atoms with Crippen LogP contribution in [0.25, 0.3) is 0 Å². The molecule has 0 aliphatic carbocycles. The van der Waals surface area contributed by atoms with Crippen LogP contribution in [-0.2, 0) is 13.1 Å². The lowest BCUT2D eigenvalue weighted by Gasteiger charge is -2.08. The topological polar surface area (TPSA) is 76.4 Å². The van der Waals surface area contributed by atoms with E-state index in [-0.39, 0.29) is 5.96 Å². The van der Waals surface area contributed by atoms with Crippen LogP contribution in [0.3, 0.4) is 0 Å². The molecule has 1 aromatic rings. The van der Waals surface area contributed by atoms with Gasteiger partial charge in [0.25, 0.3) is 0 Å². The highest BCUT2D eigenvalue weighted by Crippen LogP contribution is 2.05. The van der Waals surface area contributed by atoms with Gasteiger partial charge in [0.15, 0.2) is 5.96 Å². The maximum Gasteiger partial charge on any atom is 0.186 e. The number of hydrogen-bond acceptors (Lipinski definition) is 2. The van der Waals surface area contributed by atoms with Gasteiger partial charge in [0.05, 0.1) is 6.54 Å². The Labute approximate surface area is 96.7 Å². The summed E-state index contributed by atoms with van der Waals surface area (Å²) < 4.78 is 0. The van der Waals surface area contributed by atoms with Crippen molar-refractivity contribution in [2.75, 3.05) is 0 Å². The zero-order chi connectivity index (χ0) is 12.0. The molecule has 0 aliphatic heterocycles. The minimum Gasteiger partial charge on any atom is -0.370 e. The molecule has 0 amide bonds. The van der Waals surface area contributed by atoms with Gasteiger partial charge in [0, 0.05) is 12.6 Å². The summed E-state index contributed by atoms with van der Waals surface area (Å²) in [5.41, 5.74) is 12.9. The summed E-state index contributed by atoms with van der Waals surface area (Å²) in [6, 6.07) is 8.77. The fraction of sp³-hybridized carbons (Fsp3) is 0.417. The van der Waals surface area contributed by atoms with Gasteiger partial charge in [-0.25, -0.2) is 4.99 Å². The Hall–Kier alpha value is -1.55. The molecule has 0 bridgehead atoms. The van der Waals surface area contributed by atoms with Gasteiger partial charge in [-0.05, 0) is 11.1 Å². The second kappa shape index (κ2) is 6.12. The highest BCUT2D eigenvalue weighted by Gasteiger charge is 1.96. The first-order valence-corrected chi connectivity index (χ1v) is 5.44. The molecule has 0 aromatic heterocycles. The highest BCUT2D eigenvalue weighted by molar-refractivity contribution is 5.75. The van der Waals surface area contributed by atoms with E-state index >= 15 is 0 Å². The normalized spacial score (nSPS) is 10.4. The monoisotopic (exact) mass is 220 g/mol. The Morgan fingerprint density at radius 2 is 1.75 bits per heavy atom. The lowest BCUT2D eigenvalue weighted by atomic mass is 10.1. The van der Waals surface area contributed by atoms with Crippen molar-refractivity contribution >= 4 is 5.96 Å². The first-order chi connectivity index (χ1) is 7.58. The van der Waals surface area contributed by atoms with Gasteiger partial charge in [0.1, 0.15) is 0 Å². The lowest BCUT2D eigenvalue weighted by Crippen LogP contribution is -2.22. The van der Waals surface area contributed by atoms with Gasteiger partial charge in [-0.2, -0.15) is 0 Å². The molecule has 0 unspecified atom stereocenters. The van der Waals surface area contributed by atoms with Crippen LogP contribution in [-0.4, -0.2) is 12.0 Å². The molecule has 5 N–H and O–H groups in total. The van der Waals surface area contributed by atoms with Gasteiger partial charge in [-0.3, -0.25) is 0 Å². The van der Waals surface area contributed by atoms with Gasteiger partial charge in [-0.15, -0.1) is 0 Å². The molecule has 0 fully saturated rings. The van der Waals surface area contributed by atoms with E-state index in [0.29, 0.717) is 12.6 Å². The molecule has 4 heteroatoms. The third-order valence-corrected chi connectivity index (χ3v) is 2.18. The number of nitrogens with zero attached hydrogens (tertiary/aromatic N) is 1. The second-order valence-corrected chi connectivity index (χ2v) is 4.09. The molecule has 0 atom stereocenters. The molecule has 1 aromatic carbocycles. The van der Waals surface area contributed by atoms with Crippen LogP contribution < -0.4 is 16.8 Å². The summed E-state index contributed by atoms with van der Waals surface area (Å²) in [4.78, 5) is 3.96. The van der Waals surface area contributed by atoms with E-state index in [0.717, 1.165) is 12.1 Å². The minimum atomic E-state index is 0.130. The molecular formula is C12H20N4. The number of nitrogens with two attached hydrogens (primary N) is 2. The zero-order valence-electron chi connectivity index (χ0n) is 9.90. The molecule has 4 nitrogen and oxygen atoms in total. The lowest BCUT2D eigenvalue weighted by molar-refractivity contribution is 0.589. The summed E-state index contributed by atoms with van der Waals surface area (Å²) in [5, 5.41) is 3.36. The standard InChI is InChI=1S/C12H20N4/c1-9(2)15-7-10-3-5-11(6-4-10)8-16-12(13)14/h3-6,9,15H,7-8H2,1-2H3,(H4,13,14,16). The molecule has 0 aliphatic rings. The van der Waals surface area contributed by atoms with E-state index < -0.39 is 0 Å². The molecule has 88 valence electrons. The predicted octanol–water partition coefficient (Wildman–Crippen LogP) is 0.958. The molecular weight excluding hydrogens is 200 g/mol. The van der Waals surface area contributed by atoms with E-state index in [1.807, 2.05) is 12.1 Å². The van der Waals surface area contributed by atoms with Crippen molar-refractivity contribution < 1.29 is 0 Å². The molecule has 1 rings (SSSR count). The SMILES string of the molecule is CC(C)NCc1ccc(CN=C(N)N)cc1. The number of guanidine groups is 1. The van der Waals surface area contributed by atoms with Crippen molar-refractivity contribution in [2.45, 2.75) is 33.0 Å². The molecule has 0 radical (unpaired) electrons. The van der Waals surface area contributed by atoms with Gasteiger partial charge in [0.2, 0.25) is 0 Å². The predicted molar refractivity (Wildman–Crippen MR) is 67.9 cm³/mol. The molecule has 0 saturated carbocycles. The van der Waals surface area contributed by atoms with Crippen molar-refractivity contribution in [1.82, 2.24) is 5.32 Å². The van der Waals surface area contributed by atoms with Crippen molar-refractivity contribution in [3.63, 3.8) is 0 Å². The molecule has 0 saturated heterocycles. The summed E-state index contributed by atoms with van der Waals surface area (Å²) in [5.74, 6) is 0.130. The number of aliphatic imine (C=N–C) groups is 1. The number of benzene rings is 1. The van der Waals surface area contributed by atoms with Gasteiger partial charge in [-0.1, -0.05) is 38.1 Å². The van der Waals surface area contributed by atoms with Crippen LogP contribution in [0.5, 0.6) is 0 Å². The third-order valence-electron chi connectivity index (χ3n) is 2.18. The van der Waals surface area contributed by atoms with Crippen molar-refractivity contribution in [3.8, 4) is 0 Å². The smallest absolute Gasteiger partial charge is 0.186 e. The van der Waals surface area contributed by atoms with E-state index in [9.17, 15) is 0 Å². The van der Waals surface area contributed by atoms with E-state index in [1.54, 1.807) is 0 Å². The van der Waals surface area contributed by atoms with Crippen molar-refractivity contribution in [3.05, 3.63) is 35.4 Å². The molecule has 0 spiro atoms. The van der Waals surface area contributed by atoms with Crippen LogP contribution >= 0.6 is 0 Å². The summed E-state index contributed by atoms with van der Waals surface area (Å²) in [6.45, 7) is 5.70. The molecule has 0 heterocycles. The fourth-order valence-corrected chi connectivity index (χ4v) is 1.27. The summed E-state index contributed by atoms with van der Waals surface area (Å²) in [6.07, 6.45) is 0.